The highest BCUT2D eigenvalue weighted by atomic mass is 19.1. The van der Waals surface area contributed by atoms with Gasteiger partial charge in [-0.15, -0.1) is 0 Å². The van der Waals surface area contributed by atoms with Crippen LogP contribution in [-0.2, 0) is 21.7 Å². The molecule has 1 aliphatic rings. The van der Waals surface area contributed by atoms with E-state index in [0.29, 0.717) is 16.7 Å². The summed E-state index contributed by atoms with van der Waals surface area (Å²) in [6.07, 6.45) is -1.13. The molecule has 3 aromatic carbocycles. The number of ether oxygens (including phenoxy) is 1. The fraction of sp³-hybridized carbons (Fsp3) is 0.200. The lowest BCUT2D eigenvalue weighted by Crippen LogP contribution is -2.45. The van der Waals surface area contributed by atoms with E-state index in [1.807, 2.05) is 12.1 Å². The van der Waals surface area contributed by atoms with Crippen molar-refractivity contribution >= 4 is 11.9 Å². The molecule has 1 saturated heterocycles. The molecule has 1 fully saturated rings. The Hall–Kier alpha value is -3.55. The third-order valence-corrected chi connectivity index (χ3v) is 5.44. The lowest BCUT2D eigenvalue weighted by Gasteiger charge is -2.28. The van der Waals surface area contributed by atoms with E-state index in [0.717, 1.165) is 4.90 Å². The summed E-state index contributed by atoms with van der Waals surface area (Å²) in [7, 11) is 0. The first kappa shape index (κ1) is 21.7. The number of nitrogens with one attached hydrogen (secondary N) is 1. The van der Waals surface area contributed by atoms with Crippen molar-refractivity contribution in [3.8, 4) is 0 Å². The van der Waals surface area contributed by atoms with Gasteiger partial charge < -0.3 is 15.2 Å². The lowest BCUT2D eigenvalue weighted by molar-refractivity contribution is -0.131. The number of aliphatic hydroxyl groups excluding tert-OH is 1. The van der Waals surface area contributed by atoms with E-state index < -0.39 is 29.4 Å². The Morgan fingerprint density at radius 3 is 2.06 bits per heavy atom. The number of β-amino-alcohol motifs (C(OH)–C–C–N with tert-alkyl or cyclic N) is 1. The van der Waals surface area contributed by atoms with Crippen LogP contribution in [0.15, 0.2) is 84.9 Å². The maximum absolute atomic E-state index is 13.7. The molecule has 0 spiro atoms. The van der Waals surface area contributed by atoms with E-state index in [1.165, 1.54) is 6.07 Å². The number of nitrogens with zero attached hydrogens (tertiary/aromatic N) is 1. The zero-order valence-electron chi connectivity index (χ0n) is 17.3. The van der Waals surface area contributed by atoms with Crippen LogP contribution in [0.2, 0.25) is 0 Å². The predicted octanol–water partition coefficient (Wildman–Crippen LogP) is 3.20. The first-order valence-corrected chi connectivity index (χ1v) is 10.3. The number of halogens is 1. The summed E-state index contributed by atoms with van der Waals surface area (Å²) < 4.78 is 19.1. The number of hydrogen-bond acceptors (Lipinski definition) is 4. The van der Waals surface area contributed by atoms with Gasteiger partial charge in [0.05, 0.1) is 25.9 Å². The molecule has 0 saturated carbocycles. The zero-order chi connectivity index (χ0) is 22.6. The number of imide groups is 1. The summed E-state index contributed by atoms with van der Waals surface area (Å²) in [6.45, 7) is -0.430. The normalized spacial score (nSPS) is 16.1. The first-order valence-electron chi connectivity index (χ1n) is 10.3. The van der Waals surface area contributed by atoms with Gasteiger partial charge in [-0.05, 0) is 17.2 Å². The van der Waals surface area contributed by atoms with E-state index in [9.17, 15) is 19.1 Å². The van der Waals surface area contributed by atoms with Crippen LogP contribution >= 0.6 is 0 Å². The quantitative estimate of drug-likeness (QED) is 0.534. The van der Waals surface area contributed by atoms with Crippen LogP contribution in [0.4, 0.5) is 9.18 Å². The second-order valence-electron chi connectivity index (χ2n) is 7.59. The Morgan fingerprint density at radius 1 is 0.906 bits per heavy atom. The number of hydrogen-bond donors (Lipinski definition) is 2. The van der Waals surface area contributed by atoms with Crippen molar-refractivity contribution in [2.24, 2.45) is 0 Å². The van der Waals surface area contributed by atoms with Crippen LogP contribution in [0.1, 0.15) is 16.7 Å². The highest BCUT2D eigenvalue weighted by Crippen LogP contribution is 2.36. The average molecular weight is 434 g/mol. The lowest BCUT2D eigenvalue weighted by atomic mass is 9.82. The molecule has 0 radical (unpaired) electrons. The smallest absolute Gasteiger partial charge is 0.325 e. The minimum Gasteiger partial charge on any atom is -0.389 e. The molecule has 0 aliphatic carbocycles. The van der Waals surface area contributed by atoms with E-state index in [1.54, 1.807) is 66.7 Å². The largest absolute Gasteiger partial charge is 0.389 e. The Morgan fingerprint density at radius 2 is 1.47 bits per heavy atom. The van der Waals surface area contributed by atoms with Gasteiger partial charge in [0.1, 0.15) is 5.82 Å². The van der Waals surface area contributed by atoms with E-state index in [2.05, 4.69) is 5.32 Å². The Bertz CT molecular complexity index is 1050. The Balaban J connectivity index is 1.50. The van der Waals surface area contributed by atoms with Crippen LogP contribution in [0.5, 0.6) is 0 Å². The van der Waals surface area contributed by atoms with Crippen LogP contribution in [0.3, 0.4) is 0 Å². The highest BCUT2D eigenvalue weighted by molar-refractivity contribution is 6.09. The van der Waals surface area contributed by atoms with Crippen LogP contribution < -0.4 is 5.32 Å². The molecule has 1 atom stereocenters. The van der Waals surface area contributed by atoms with Crippen molar-refractivity contribution in [3.05, 3.63) is 107 Å². The third-order valence-electron chi connectivity index (χ3n) is 5.44. The first-order chi connectivity index (χ1) is 15.5. The number of rotatable bonds is 8. The molecule has 1 heterocycles. The summed E-state index contributed by atoms with van der Waals surface area (Å²) in [6, 6.07) is 23.6. The topological polar surface area (TPSA) is 78.9 Å². The number of carbonyl (C=O) groups is 2. The Labute approximate surface area is 185 Å². The maximum Gasteiger partial charge on any atom is 0.325 e. The molecule has 0 unspecified atom stereocenters. The van der Waals surface area contributed by atoms with Gasteiger partial charge in [0.2, 0.25) is 0 Å². The molecule has 3 aromatic rings. The second kappa shape index (κ2) is 9.30. The molecular formula is C25H23FN2O4. The summed E-state index contributed by atoms with van der Waals surface area (Å²) in [5, 5.41) is 13.2. The van der Waals surface area contributed by atoms with Gasteiger partial charge in [0.15, 0.2) is 5.54 Å². The summed E-state index contributed by atoms with van der Waals surface area (Å²) in [4.78, 5) is 27.4. The van der Waals surface area contributed by atoms with Gasteiger partial charge in [-0.2, -0.15) is 0 Å². The third kappa shape index (κ3) is 4.12. The molecule has 0 bridgehead atoms. The molecular weight excluding hydrogens is 411 g/mol. The number of aliphatic hydroxyl groups is 1. The molecule has 3 amide bonds. The number of amides is 3. The van der Waals surface area contributed by atoms with Gasteiger partial charge >= 0.3 is 6.03 Å². The number of benzene rings is 3. The van der Waals surface area contributed by atoms with Crippen LogP contribution in [0, 0.1) is 5.82 Å². The fourth-order valence-corrected chi connectivity index (χ4v) is 3.86. The molecule has 164 valence electrons. The minimum absolute atomic E-state index is 0.0259. The fourth-order valence-electron chi connectivity index (χ4n) is 3.86. The van der Waals surface area contributed by atoms with E-state index >= 15 is 0 Å². The molecule has 0 aromatic heterocycles. The second-order valence-corrected chi connectivity index (χ2v) is 7.59. The van der Waals surface area contributed by atoms with Gasteiger partial charge in [0.25, 0.3) is 5.91 Å². The molecule has 1 aliphatic heterocycles. The standard InChI is InChI=1S/C25H23FN2O4/c26-22-14-8-7-9-18(22)16-32-17-21(29)15-28-23(30)25(27-24(28)31,19-10-3-1-4-11-19)20-12-5-2-6-13-20/h1-14,21,29H,15-17H2,(H,27,31)/t21-/m1/s1. The van der Waals surface area contributed by atoms with Crippen molar-refractivity contribution in [2.45, 2.75) is 18.2 Å². The molecule has 2 N–H and O–H groups in total. The van der Waals surface area contributed by atoms with Crippen molar-refractivity contribution in [3.63, 3.8) is 0 Å². The predicted molar refractivity (Wildman–Crippen MR) is 116 cm³/mol. The van der Waals surface area contributed by atoms with E-state index in [-0.39, 0.29) is 19.8 Å². The zero-order valence-corrected chi connectivity index (χ0v) is 17.3. The molecule has 7 heteroatoms. The summed E-state index contributed by atoms with van der Waals surface area (Å²) >= 11 is 0. The van der Waals surface area contributed by atoms with Crippen LogP contribution in [0.25, 0.3) is 0 Å². The Kier molecular flexibility index (Phi) is 6.30. The van der Waals surface area contributed by atoms with Gasteiger partial charge in [-0.25, -0.2) is 9.18 Å². The van der Waals surface area contributed by atoms with Crippen molar-refractivity contribution in [2.75, 3.05) is 13.2 Å². The molecule has 4 rings (SSSR count). The van der Waals surface area contributed by atoms with Gasteiger partial charge in [-0.1, -0.05) is 78.9 Å². The van der Waals surface area contributed by atoms with Crippen molar-refractivity contribution in [1.82, 2.24) is 10.2 Å². The van der Waals surface area contributed by atoms with Crippen molar-refractivity contribution in [1.29, 1.82) is 0 Å². The van der Waals surface area contributed by atoms with Gasteiger partial charge in [0, 0.05) is 5.56 Å². The number of carbonyl (C=O) groups excluding carboxylic acids is 2. The number of urea groups is 1. The monoisotopic (exact) mass is 434 g/mol. The highest BCUT2D eigenvalue weighted by Gasteiger charge is 2.53. The van der Waals surface area contributed by atoms with Crippen molar-refractivity contribution < 1.29 is 23.8 Å². The maximum atomic E-state index is 13.7. The summed E-state index contributed by atoms with van der Waals surface area (Å²) in [5.41, 5.74) is 0.226. The van der Waals surface area contributed by atoms with E-state index in [4.69, 9.17) is 4.74 Å². The summed E-state index contributed by atoms with van der Waals surface area (Å²) in [5.74, 6) is -0.875. The van der Waals surface area contributed by atoms with Crippen LogP contribution in [-0.4, -0.2) is 41.2 Å². The SMILES string of the molecule is O=C1NC(c2ccccc2)(c2ccccc2)C(=O)N1C[C@@H](O)COCc1ccccc1F. The van der Waals surface area contributed by atoms with Gasteiger partial charge in [-0.3, -0.25) is 9.69 Å². The minimum atomic E-state index is -1.38. The molecule has 6 nitrogen and oxygen atoms in total. The average Bonchev–Trinajstić information content (AvgIpc) is 3.07. The molecule has 32 heavy (non-hydrogen) atoms.